The van der Waals surface area contributed by atoms with E-state index in [0.717, 1.165) is 0 Å². The van der Waals surface area contributed by atoms with E-state index in [1.54, 1.807) is 13.8 Å². The molecule has 0 spiro atoms. The number of aromatic amines is 1. The van der Waals surface area contributed by atoms with Crippen LogP contribution in [0.2, 0.25) is 0 Å². The highest BCUT2D eigenvalue weighted by atomic mass is 16.5. The second-order valence-corrected chi connectivity index (χ2v) is 4.99. The van der Waals surface area contributed by atoms with Gasteiger partial charge in [-0.25, -0.2) is 4.79 Å². The molecule has 1 aromatic rings. The standard InChI is InChI=1S/C11H16N2O5/c1-11(2)8(16)6(5-14)18-9(11)13-4-3-7(15)12-10(13)17/h3-4,6,8-9,14,16H,5H2,1-2H3,(H,12,15,17)/t6-,8-,9-/m1/s1. The Morgan fingerprint density at radius 2 is 2.17 bits per heavy atom. The van der Waals surface area contributed by atoms with E-state index in [4.69, 9.17) is 9.84 Å². The van der Waals surface area contributed by atoms with Gasteiger partial charge in [-0.3, -0.25) is 14.3 Å². The first-order valence-electron chi connectivity index (χ1n) is 5.64. The largest absolute Gasteiger partial charge is 0.394 e. The fourth-order valence-corrected chi connectivity index (χ4v) is 2.22. The van der Waals surface area contributed by atoms with Crippen molar-refractivity contribution in [1.82, 2.24) is 9.55 Å². The van der Waals surface area contributed by atoms with Crippen LogP contribution in [0, 0.1) is 5.41 Å². The number of hydrogen-bond donors (Lipinski definition) is 3. The molecular weight excluding hydrogens is 240 g/mol. The monoisotopic (exact) mass is 256 g/mol. The Balaban J connectivity index is 2.45. The third kappa shape index (κ3) is 1.90. The average molecular weight is 256 g/mol. The highest BCUT2D eigenvalue weighted by molar-refractivity contribution is 4.97. The Kier molecular flexibility index (Phi) is 3.14. The van der Waals surface area contributed by atoms with E-state index in [1.807, 2.05) is 0 Å². The number of aliphatic hydroxyl groups excluding tert-OH is 2. The molecule has 1 aliphatic heterocycles. The maximum atomic E-state index is 11.7. The molecule has 18 heavy (non-hydrogen) atoms. The topological polar surface area (TPSA) is 105 Å². The quantitative estimate of drug-likeness (QED) is 0.617. The summed E-state index contributed by atoms with van der Waals surface area (Å²) in [5.41, 5.74) is -1.85. The molecule has 0 amide bonds. The van der Waals surface area contributed by atoms with Crippen molar-refractivity contribution < 1.29 is 14.9 Å². The molecule has 2 heterocycles. The van der Waals surface area contributed by atoms with E-state index in [9.17, 15) is 14.7 Å². The molecule has 0 unspecified atom stereocenters. The van der Waals surface area contributed by atoms with Crippen molar-refractivity contribution in [3.05, 3.63) is 33.1 Å². The number of aromatic nitrogens is 2. The van der Waals surface area contributed by atoms with Crippen molar-refractivity contribution >= 4 is 0 Å². The SMILES string of the molecule is CC1(C)[C@H](O)[C@@H](CO)O[C@H]1n1ccc(=O)[nH]c1=O. The van der Waals surface area contributed by atoms with Crippen molar-refractivity contribution in [2.75, 3.05) is 6.61 Å². The summed E-state index contributed by atoms with van der Waals surface area (Å²) in [6.45, 7) is 3.13. The maximum absolute atomic E-state index is 11.7. The third-order valence-electron chi connectivity index (χ3n) is 3.34. The smallest absolute Gasteiger partial charge is 0.330 e. The van der Waals surface area contributed by atoms with Gasteiger partial charge in [-0.1, -0.05) is 13.8 Å². The zero-order valence-electron chi connectivity index (χ0n) is 10.2. The third-order valence-corrected chi connectivity index (χ3v) is 3.34. The molecule has 1 saturated heterocycles. The summed E-state index contributed by atoms with van der Waals surface area (Å²) in [6, 6.07) is 1.21. The molecule has 0 aromatic carbocycles. The average Bonchev–Trinajstić information content (AvgIpc) is 2.52. The van der Waals surface area contributed by atoms with Crippen LogP contribution in [0.5, 0.6) is 0 Å². The van der Waals surface area contributed by atoms with E-state index >= 15 is 0 Å². The Morgan fingerprint density at radius 3 is 2.67 bits per heavy atom. The molecule has 0 saturated carbocycles. The van der Waals surface area contributed by atoms with Crippen molar-refractivity contribution in [2.24, 2.45) is 5.41 Å². The molecule has 0 aliphatic carbocycles. The second-order valence-electron chi connectivity index (χ2n) is 4.99. The lowest BCUT2D eigenvalue weighted by Crippen LogP contribution is -2.39. The van der Waals surface area contributed by atoms with Gasteiger partial charge in [-0.15, -0.1) is 0 Å². The van der Waals surface area contributed by atoms with Crippen molar-refractivity contribution in [3.63, 3.8) is 0 Å². The molecule has 1 aromatic heterocycles. The Morgan fingerprint density at radius 1 is 1.50 bits per heavy atom. The van der Waals surface area contributed by atoms with Gasteiger partial charge in [0.15, 0.2) is 0 Å². The minimum atomic E-state index is -0.897. The number of aliphatic hydroxyl groups is 2. The molecule has 7 heteroatoms. The molecule has 1 aliphatic rings. The number of ether oxygens (including phenoxy) is 1. The van der Waals surface area contributed by atoms with Crippen molar-refractivity contribution in [1.29, 1.82) is 0 Å². The van der Waals surface area contributed by atoms with Crippen LogP contribution in [0.4, 0.5) is 0 Å². The van der Waals surface area contributed by atoms with Gasteiger partial charge in [0, 0.05) is 17.7 Å². The van der Waals surface area contributed by atoms with Crippen LogP contribution >= 0.6 is 0 Å². The summed E-state index contributed by atoms with van der Waals surface area (Å²) in [5, 5.41) is 19.1. The fourth-order valence-electron chi connectivity index (χ4n) is 2.22. The lowest BCUT2D eigenvalue weighted by atomic mass is 9.84. The molecule has 3 atom stereocenters. The Labute approximate surface area is 103 Å². The van der Waals surface area contributed by atoms with E-state index in [0.29, 0.717) is 0 Å². The second kappa shape index (κ2) is 4.34. The van der Waals surface area contributed by atoms with Crippen molar-refractivity contribution in [2.45, 2.75) is 32.3 Å². The predicted octanol–water partition coefficient (Wildman–Crippen LogP) is -1.19. The summed E-state index contributed by atoms with van der Waals surface area (Å²) in [7, 11) is 0. The van der Waals surface area contributed by atoms with Crippen LogP contribution in [-0.4, -0.2) is 38.6 Å². The van der Waals surface area contributed by atoms with Crippen LogP contribution < -0.4 is 11.2 Å². The van der Waals surface area contributed by atoms with Gasteiger partial charge in [0.05, 0.1) is 12.7 Å². The van der Waals surface area contributed by atoms with E-state index < -0.39 is 35.1 Å². The van der Waals surface area contributed by atoms with E-state index in [1.165, 1.54) is 16.8 Å². The first-order valence-corrected chi connectivity index (χ1v) is 5.64. The van der Waals surface area contributed by atoms with Crippen LogP contribution in [0.3, 0.4) is 0 Å². The van der Waals surface area contributed by atoms with Gasteiger partial charge >= 0.3 is 5.69 Å². The first kappa shape index (κ1) is 13.0. The lowest BCUT2D eigenvalue weighted by Gasteiger charge is -2.28. The van der Waals surface area contributed by atoms with Crippen LogP contribution in [-0.2, 0) is 4.74 Å². The van der Waals surface area contributed by atoms with Gasteiger partial charge in [0.1, 0.15) is 12.3 Å². The molecule has 100 valence electrons. The summed E-state index contributed by atoms with van der Waals surface area (Å²) in [6.07, 6.45) is -1.07. The molecule has 1 fully saturated rings. The molecular formula is C11H16N2O5. The van der Waals surface area contributed by atoms with Gasteiger partial charge in [-0.2, -0.15) is 0 Å². The number of nitrogens with zero attached hydrogens (tertiary/aromatic N) is 1. The Bertz CT molecular complexity index is 547. The molecule has 2 rings (SSSR count). The predicted molar refractivity (Wildman–Crippen MR) is 62.1 cm³/mol. The fraction of sp³-hybridized carbons (Fsp3) is 0.636. The number of hydrogen-bond acceptors (Lipinski definition) is 5. The molecule has 7 nitrogen and oxygen atoms in total. The highest BCUT2D eigenvalue weighted by Crippen LogP contribution is 2.43. The van der Waals surface area contributed by atoms with Gasteiger partial charge < -0.3 is 14.9 Å². The lowest BCUT2D eigenvalue weighted by molar-refractivity contribution is -0.0530. The summed E-state index contributed by atoms with van der Waals surface area (Å²) in [5.74, 6) is 0. The zero-order valence-corrected chi connectivity index (χ0v) is 10.2. The van der Waals surface area contributed by atoms with Crippen LogP contribution in [0.15, 0.2) is 21.9 Å². The maximum Gasteiger partial charge on any atom is 0.330 e. The highest BCUT2D eigenvalue weighted by Gasteiger charge is 2.50. The summed E-state index contributed by atoms with van der Waals surface area (Å²) < 4.78 is 6.69. The summed E-state index contributed by atoms with van der Waals surface area (Å²) in [4.78, 5) is 24.8. The molecule has 0 bridgehead atoms. The first-order chi connectivity index (χ1) is 8.37. The number of nitrogens with one attached hydrogen (secondary N) is 1. The van der Waals surface area contributed by atoms with Crippen LogP contribution in [0.25, 0.3) is 0 Å². The molecule has 0 radical (unpaired) electrons. The Hall–Kier alpha value is -1.44. The number of H-pyrrole nitrogens is 1. The van der Waals surface area contributed by atoms with Crippen molar-refractivity contribution in [3.8, 4) is 0 Å². The number of rotatable bonds is 2. The minimum absolute atomic E-state index is 0.334. The van der Waals surface area contributed by atoms with Gasteiger partial charge in [0.2, 0.25) is 0 Å². The zero-order chi connectivity index (χ0) is 13.5. The summed E-state index contributed by atoms with van der Waals surface area (Å²) >= 11 is 0. The molecule has 3 N–H and O–H groups in total. The van der Waals surface area contributed by atoms with Gasteiger partial charge in [0.25, 0.3) is 5.56 Å². The van der Waals surface area contributed by atoms with Crippen LogP contribution in [0.1, 0.15) is 20.1 Å². The van der Waals surface area contributed by atoms with E-state index in [2.05, 4.69) is 4.98 Å². The van der Waals surface area contributed by atoms with Gasteiger partial charge in [-0.05, 0) is 0 Å². The normalized spacial score (nSPS) is 30.6. The van der Waals surface area contributed by atoms with E-state index in [-0.39, 0.29) is 6.61 Å². The minimum Gasteiger partial charge on any atom is -0.394 e.